The number of aliphatic hydroxyl groups excluding tert-OH is 1. The number of hydrogen-bond acceptors (Lipinski definition) is 2. The maximum atomic E-state index is 13.0. The van der Waals surface area contributed by atoms with Gasteiger partial charge in [-0.25, -0.2) is 4.39 Å². The molecular weight excluding hydrogens is 255 g/mol. The van der Waals surface area contributed by atoms with E-state index < -0.39 is 11.9 Å². The minimum Gasteiger partial charge on any atom is -0.457 e. The zero-order chi connectivity index (χ0) is 13.1. The van der Waals surface area contributed by atoms with Gasteiger partial charge in [-0.2, -0.15) is 0 Å². The van der Waals surface area contributed by atoms with Crippen molar-refractivity contribution < 1.29 is 14.2 Å². The molecule has 0 saturated carbocycles. The lowest BCUT2D eigenvalue weighted by Gasteiger charge is -2.08. The molecule has 2 aromatic carbocycles. The SMILES string of the molecule is C[C@H](O)c1ccc(Oc2ccc(F)c(Cl)c2)cc1. The Labute approximate surface area is 110 Å². The average Bonchev–Trinajstić information content (AvgIpc) is 2.34. The number of hydrogen-bond donors (Lipinski definition) is 1. The normalized spacial score (nSPS) is 12.2. The van der Waals surface area contributed by atoms with Gasteiger partial charge in [-0.15, -0.1) is 0 Å². The molecule has 2 aromatic rings. The van der Waals surface area contributed by atoms with E-state index in [-0.39, 0.29) is 5.02 Å². The van der Waals surface area contributed by atoms with Gasteiger partial charge in [0.2, 0.25) is 0 Å². The van der Waals surface area contributed by atoms with E-state index in [2.05, 4.69) is 0 Å². The van der Waals surface area contributed by atoms with Crippen LogP contribution in [0.4, 0.5) is 4.39 Å². The van der Waals surface area contributed by atoms with Crippen LogP contribution in [-0.2, 0) is 0 Å². The van der Waals surface area contributed by atoms with E-state index in [0.717, 1.165) is 5.56 Å². The third-order valence-corrected chi connectivity index (χ3v) is 2.78. The molecule has 4 heteroatoms. The highest BCUT2D eigenvalue weighted by Gasteiger charge is 2.04. The molecular formula is C14H12ClFO2. The zero-order valence-corrected chi connectivity index (χ0v) is 10.5. The van der Waals surface area contributed by atoms with E-state index in [1.54, 1.807) is 31.2 Å². The Morgan fingerprint density at radius 2 is 1.72 bits per heavy atom. The average molecular weight is 267 g/mol. The maximum Gasteiger partial charge on any atom is 0.142 e. The molecule has 0 aliphatic carbocycles. The van der Waals surface area contributed by atoms with Crippen molar-refractivity contribution >= 4 is 11.6 Å². The standard InChI is InChI=1S/C14H12ClFO2/c1-9(17)10-2-4-11(5-3-10)18-12-6-7-14(16)13(15)8-12/h2-9,17H,1H3/t9-/m0/s1. The fraction of sp³-hybridized carbons (Fsp3) is 0.143. The predicted molar refractivity (Wildman–Crippen MR) is 68.6 cm³/mol. The van der Waals surface area contributed by atoms with Crippen molar-refractivity contribution in [2.24, 2.45) is 0 Å². The van der Waals surface area contributed by atoms with Gasteiger partial charge in [-0.05, 0) is 36.8 Å². The Morgan fingerprint density at radius 3 is 2.28 bits per heavy atom. The Hall–Kier alpha value is -1.58. The van der Waals surface area contributed by atoms with Crippen LogP contribution >= 0.6 is 11.6 Å². The van der Waals surface area contributed by atoms with Crippen LogP contribution in [0.15, 0.2) is 42.5 Å². The molecule has 0 bridgehead atoms. The molecule has 0 fully saturated rings. The second-order valence-corrected chi connectivity index (χ2v) is 4.33. The summed E-state index contributed by atoms with van der Waals surface area (Å²) in [5.41, 5.74) is 0.805. The summed E-state index contributed by atoms with van der Waals surface area (Å²) in [4.78, 5) is 0. The van der Waals surface area contributed by atoms with Crippen LogP contribution in [0.5, 0.6) is 11.5 Å². The van der Waals surface area contributed by atoms with Gasteiger partial charge in [-0.1, -0.05) is 23.7 Å². The van der Waals surface area contributed by atoms with E-state index in [9.17, 15) is 9.50 Å². The molecule has 2 rings (SSSR count). The molecule has 18 heavy (non-hydrogen) atoms. The third kappa shape index (κ3) is 3.00. The van der Waals surface area contributed by atoms with Crippen LogP contribution in [0.3, 0.4) is 0 Å². The molecule has 0 aromatic heterocycles. The second kappa shape index (κ2) is 5.38. The number of halogens is 2. The molecule has 1 N–H and O–H groups in total. The molecule has 0 unspecified atom stereocenters. The van der Waals surface area contributed by atoms with Gasteiger partial charge in [0.05, 0.1) is 11.1 Å². The topological polar surface area (TPSA) is 29.5 Å². The first-order chi connectivity index (χ1) is 8.56. The molecule has 0 amide bonds. The first-order valence-electron chi connectivity index (χ1n) is 5.47. The summed E-state index contributed by atoms with van der Waals surface area (Å²) in [6, 6.07) is 11.2. The predicted octanol–water partition coefficient (Wildman–Crippen LogP) is 4.32. The van der Waals surface area contributed by atoms with E-state index >= 15 is 0 Å². The first kappa shape index (κ1) is 12.9. The number of aliphatic hydroxyl groups is 1. The lowest BCUT2D eigenvalue weighted by atomic mass is 10.1. The van der Waals surface area contributed by atoms with Gasteiger partial charge in [0, 0.05) is 6.07 Å². The summed E-state index contributed by atoms with van der Waals surface area (Å²) >= 11 is 5.66. The molecule has 0 spiro atoms. The van der Waals surface area contributed by atoms with E-state index in [1.807, 2.05) is 0 Å². The van der Waals surface area contributed by atoms with Crippen molar-refractivity contribution in [2.75, 3.05) is 0 Å². The van der Waals surface area contributed by atoms with Crippen LogP contribution in [0.2, 0.25) is 5.02 Å². The van der Waals surface area contributed by atoms with Gasteiger partial charge in [0.25, 0.3) is 0 Å². The largest absolute Gasteiger partial charge is 0.457 e. The summed E-state index contributed by atoms with van der Waals surface area (Å²) in [5, 5.41) is 9.39. The Balaban J connectivity index is 2.15. The summed E-state index contributed by atoms with van der Waals surface area (Å²) in [7, 11) is 0. The van der Waals surface area contributed by atoms with Crippen LogP contribution in [0.25, 0.3) is 0 Å². The quantitative estimate of drug-likeness (QED) is 0.896. The van der Waals surface area contributed by atoms with Crippen LogP contribution in [0, 0.1) is 5.82 Å². The Kier molecular flexibility index (Phi) is 3.84. The molecule has 94 valence electrons. The van der Waals surface area contributed by atoms with Gasteiger partial charge in [-0.3, -0.25) is 0 Å². The van der Waals surface area contributed by atoms with Crippen LogP contribution in [0.1, 0.15) is 18.6 Å². The first-order valence-corrected chi connectivity index (χ1v) is 5.85. The fourth-order valence-electron chi connectivity index (χ4n) is 1.49. The van der Waals surface area contributed by atoms with Gasteiger partial charge < -0.3 is 9.84 Å². The van der Waals surface area contributed by atoms with Crippen molar-refractivity contribution in [2.45, 2.75) is 13.0 Å². The van der Waals surface area contributed by atoms with E-state index in [0.29, 0.717) is 11.5 Å². The molecule has 1 atom stereocenters. The van der Waals surface area contributed by atoms with Gasteiger partial charge in [0.1, 0.15) is 17.3 Å². The minimum absolute atomic E-state index is 0.0214. The number of ether oxygens (including phenoxy) is 1. The maximum absolute atomic E-state index is 13.0. The lowest BCUT2D eigenvalue weighted by Crippen LogP contribution is -1.91. The van der Waals surface area contributed by atoms with Crippen LogP contribution in [-0.4, -0.2) is 5.11 Å². The van der Waals surface area contributed by atoms with E-state index in [4.69, 9.17) is 16.3 Å². The van der Waals surface area contributed by atoms with Crippen LogP contribution < -0.4 is 4.74 Å². The monoisotopic (exact) mass is 266 g/mol. The van der Waals surface area contributed by atoms with Crippen molar-refractivity contribution in [1.29, 1.82) is 0 Å². The van der Waals surface area contributed by atoms with Crippen molar-refractivity contribution in [1.82, 2.24) is 0 Å². The van der Waals surface area contributed by atoms with E-state index in [1.165, 1.54) is 18.2 Å². The molecule has 0 saturated heterocycles. The van der Waals surface area contributed by atoms with Crippen molar-refractivity contribution in [3.8, 4) is 11.5 Å². The summed E-state index contributed by atoms with van der Waals surface area (Å²) in [5.74, 6) is 0.585. The molecule has 0 aliphatic rings. The zero-order valence-electron chi connectivity index (χ0n) is 9.73. The van der Waals surface area contributed by atoms with Gasteiger partial charge in [0.15, 0.2) is 0 Å². The number of rotatable bonds is 3. The summed E-state index contributed by atoms with van der Waals surface area (Å²) < 4.78 is 18.5. The van der Waals surface area contributed by atoms with Crippen molar-refractivity contribution in [3.05, 3.63) is 58.9 Å². The summed E-state index contributed by atoms with van der Waals surface area (Å²) in [6.07, 6.45) is -0.515. The third-order valence-electron chi connectivity index (χ3n) is 2.49. The molecule has 2 nitrogen and oxygen atoms in total. The highest BCUT2D eigenvalue weighted by molar-refractivity contribution is 6.30. The second-order valence-electron chi connectivity index (χ2n) is 3.92. The highest BCUT2D eigenvalue weighted by Crippen LogP contribution is 2.26. The Morgan fingerprint density at radius 1 is 1.11 bits per heavy atom. The molecule has 0 aliphatic heterocycles. The molecule has 0 heterocycles. The lowest BCUT2D eigenvalue weighted by molar-refractivity contribution is 0.199. The minimum atomic E-state index is -0.515. The smallest absolute Gasteiger partial charge is 0.142 e. The van der Waals surface area contributed by atoms with Gasteiger partial charge >= 0.3 is 0 Å². The Bertz CT molecular complexity index is 538. The highest BCUT2D eigenvalue weighted by atomic mass is 35.5. The number of benzene rings is 2. The molecule has 0 radical (unpaired) electrons. The van der Waals surface area contributed by atoms with Crippen molar-refractivity contribution in [3.63, 3.8) is 0 Å². The summed E-state index contributed by atoms with van der Waals surface area (Å²) in [6.45, 7) is 1.69. The fourth-order valence-corrected chi connectivity index (χ4v) is 1.66.